The number of pyridine rings is 1. The molecule has 19 heavy (non-hydrogen) atoms. The van der Waals surface area contributed by atoms with Gasteiger partial charge in [0.25, 0.3) is 0 Å². The quantitative estimate of drug-likeness (QED) is 0.875. The van der Waals surface area contributed by atoms with Crippen molar-refractivity contribution in [2.24, 2.45) is 7.05 Å². The zero-order valence-electron chi connectivity index (χ0n) is 10.5. The van der Waals surface area contributed by atoms with Crippen LogP contribution in [0.2, 0.25) is 0 Å². The van der Waals surface area contributed by atoms with Crippen LogP contribution in [0.4, 0.5) is 5.69 Å². The first-order chi connectivity index (χ1) is 9.06. The normalized spacial score (nSPS) is 10.2. The fourth-order valence-electron chi connectivity index (χ4n) is 1.67. The Kier molecular flexibility index (Phi) is 3.66. The molecule has 98 valence electrons. The number of aryl methyl sites for hydroxylation is 1. The summed E-state index contributed by atoms with van der Waals surface area (Å²) in [6.45, 7) is 0.568. The van der Waals surface area contributed by atoms with Crippen molar-refractivity contribution in [3.8, 4) is 0 Å². The van der Waals surface area contributed by atoms with E-state index in [1.54, 1.807) is 43.6 Å². The zero-order valence-corrected chi connectivity index (χ0v) is 10.5. The fourth-order valence-corrected chi connectivity index (χ4v) is 1.67. The third kappa shape index (κ3) is 3.22. The minimum Gasteiger partial charge on any atom is -0.478 e. The molecule has 5 nitrogen and oxygen atoms in total. The maximum atomic E-state index is 11.2. The van der Waals surface area contributed by atoms with E-state index < -0.39 is 5.97 Å². The predicted octanol–water partition coefficient (Wildman–Crippen LogP) is 1.70. The summed E-state index contributed by atoms with van der Waals surface area (Å²) in [7, 11) is 1.69. The van der Waals surface area contributed by atoms with Crippen LogP contribution in [-0.2, 0) is 13.6 Å². The van der Waals surface area contributed by atoms with Gasteiger partial charge in [0.15, 0.2) is 0 Å². The molecule has 0 aliphatic carbocycles. The largest absolute Gasteiger partial charge is 0.478 e. The first kappa shape index (κ1) is 12.9. The molecule has 0 fully saturated rings. The average molecular weight is 258 g/mol. The number of carboxylic acids is 1. The number of carboxylic acid groups (broad SMARTS) is 1. The Balaban J connectivity index is 2.03. The van der Waals surface area contributed by atoms with Crippen molar-refractivity contribution in [2.75, 3.05) is 5.32 Å². The number of carbonyl (C=O) groups is 1. The molecule has 0 saturated heterocycles. The van der Waals surface area contributed by atoms with Crippen molar-refractivity contribution in [1.29, 1.82) is 0 Å². The van der Waals surface area contributed by atoms with Crippen LogP contribution < -0.4 is 10.9 Å². The number of nitrogens with zero attached hydrogens (tertiary/aromatic N) is 1. The lowest BCUT2D eigenvalue weighted by molar-refractivity contribution is 0.0697. The van der Waals surface area contributed by atoms with E-state index >= 15 is 0 Å². The Bertz CT molecular complexity index is 644. The van der Waals surface area contributed by atoms with Crippen molar-refractivity contribution in [3.05, 3.63) is 64.1 Å². The predicted molar refractivity (Wildman–Crippen MR) is 72.4 cm³/mol. The Morgan fingerprint density at radius 3 is 2.47 bits per heavy atom. The van der Waals surface area contributed by atoms with Crippen LogP contribution in [-0.4, -0.2) is 15.6 Å². The molecular formula is C14H14N2O3. The minimum absolute atomic E-state index is 0.0589. The average Bonchev–Trinajstić information content (AvgIpc) is 2.40. The molecule has 5 heteroatoms. The van der Waals surface area contributed by atoms with Gasteiger partial charge in [0.1, 0.15) is 0 Å². The van der Waals surface area contributed by atoms with Crippen LogP contribution in [0.5, 0.6) is 0 Å². The SMILES string of the molecule is Cn1cc(NCc2ccc(C(=O)O)cc2)ccc1=O. The number of aromatic nitrogens is 1. The van der Waals surface area contributed by atoms with Gasteiger partial charge in [-0.3, -0.25) is 4.79 Å². The first-order valence-electron chi connectivity index (χ1n) is 5.79. The lowest BCUT2D eigenvalue weighted by Gasteiger charge is -2.08. The van der Waals surface area contributed by atoms with Crippen LogP contribution in [0.25, 0.3) is 0 Å². The Morgan fingerprint density at radius 1 is 1.21 bits per heavy atom. The highest BCUT2D eigenvalue weighted by Gasteiger charge is 2.01. The van der Waals surface area contributed by atoms with Crippen LogP contribution >= 0.6 is 0 Å². The van der Waals surface area contributed by atoms with E-state index in [-0.39, 0.29) is 11.1 Å². The molecule has 2 aromatic rings. The van der Waals surface area contributed by atoms with E-state index in [0.717, 1.165) is 11.3 Å². The standard InChI is InChI=1S/C14H14N2O3/c1-16-9-12(6-7-13(16)17)15-8-10-2-4-11(5-3-10)14(18)19/h2-7,9,15H,8H2,1H3,(H,18,19). The number of hydrogen-bond donors (Lipinski definition) is 2. The smallest absolute Gasteiger partial charge is 0.335 e. The highest BCUT2D eigenvalue weighted by atomic mass is 16.4. The topological polar surface area (TPSA) is 71.3 Å². The molecule has 1 heterocycles. The van der Waals surface area contributed by atoms with E-state index in [1.165, 1.54) is 10.6 Å². The molecular weight excluding hydrogens is 244 g/mol. The summed E-state index contributed by atoms with van der Waals surface area (Å²) in [5.41, 5.74) is 2.02. The van der Waals surface area contributed by atoms with E-state index in [0.29, 0.717) is 6.54 Å². The fraction of sp³-hybridized carbons (Fsp3) is 0.143. The molecule has 0 unspecified atom stereocenters. The summed E-state index contributed by atoms with van der Waals surface area (Å²) in [5.74, 6) is -0.933. The Labute approximate surface area is 110 Å². The van der Waals surface area contributed by atoms with E-state index in [2.05, 4.69) is 5.32 Å². The summed E-state index contributed by atoms with van der Waals surface area (Å²) < 4.78 is 1.50. The highest BCUT2D eigenvalue weighted by molar-refractivity contribution is 5.87. The van der Waals surface area contributed by atoms with Crippen molar-refractivity contribution in [1.82, 2.24) is 4.57 Å². The van der Waals surface area contributed by atoms with E-state index in [1.807, 2.05) is 0 Å². The number of aromatic carboxylic acids is 1. The van der Waals surface area contributed by atoms with Gasteiger partial charge in [0, 0.05) is 25.9 Å². The van der Waals surface area contributed by atoms with Crippen molar-refractivity contribution in [2.45, 2.75) is 6.54 Å². The number of nitrogens with one attached hydrogen (secondary N) is 1. The summed E-state index contributed by atoms with van der Waals surface area (Å²) >= 11 is 0. The second-order valence-electron chi connectivity index (χ2n) is 4.22. The number of anilines is 1. The molecule has 0 aliphatic rings. The third-order valence-corrected chi connectivity index (χ3v) is 2.78. The molecule has 0 amide bonds. The monoisotopic (exact) mass is 258 g/mol. The second kappa shape index (κ2) is 5.39. The third-order valence-electron chi connectivity index (χ3n) is 2.78. The van der Waals surface area contributed by atoms with Gasteiger partial charge in [-0.05, 0) is 23.8 Å². The van der Waals surface area contributed by atoms with Crippen LogP contribution in [0.3, 0.4) is 0 Å². The summed E-state index contributed by atoms with van der Waals surface area (Å²) in [4.78, 5) is 21.9. The van der Waals surface area contributed by atoms with Gasteiger partial charge >= 0.3 is 5.97 Å². The number of benzene rings is 1. The minimum atomic E-state index is -0.933. The Hall–Kier alpha value is -2.56. The first-order valence-corrected chi connectivity index (χ1v) is 5.79. The molecule has 2 rings (SSSR count). The maximum Gasteiger partial charge on any atom is 0.335 e. The Morgan fingerprint density at radius 2 is 1.89 bits per heavy atom. The molecule has 0 bridgehead atoms. The van der Waals surface area contributed by atoms with Crippen molar-refractivity contribution >= 4 is 11.7 Å². The van der Waals surface area contributed by atoms with Gasteiger partial charge in [-0.15, -0.1) is 0 Å². The maximum absolute atomic E-state index is 11.2. The van der Waals surface area contributed by atoms with E-state index in [9.17, 15) is 9.59 Å². The van der Waals surface area contributed by atoms with Gasteiger partial charge in [-0.25, -0.2) is 4.79 Å². The number of rotatable bonds is 4. The zero-order chi connectivity index (χ0) is 13.8. The second-order valence-corrected chi connectivity index (χ2v) is 4.22. The molecule has 2 N–H and O–H groups in total. The molecule has 1 aromatic heterocycles. The van der Waals surface area contributed by atoms with Gasteiger partial charge < -0.3 is 15.0 Å². The van der Waals surface area contributed by atoms with Gasteiger partial charge in [0.2, 0.25) is 5.56 Å². The van der Waals surface area contributed by atoms with Crippen molar-refractivity contribution < 1.29 is 9.90 Å². The highest BCUT2D eigenvalue weighted by Crippen LogP contribution is 2.08. The molecule has 1 aromatic carbocycles. The van der Waals surface area contributed by atoms with Gasteiger partial charge in [0.05, 0.1) is 11.3 Å². The van der Waals surface area contributed by atoms with Crippen LogP contribution in [0, 0.1) is 0 Å². The van der Waals surface area contributed by atoms with Crippen LogP contribution in [0.1, 0.15) is 15.9 Å². The summed E-state index contributed by atoms with van der Waals surface area (Å²) in [6, 6.07) is 9.88. The van der Waals surface area contributed by atoms with E-state index in [4.69, 9.17) is 5.11 Å². The molecule has 0 saturated carbocycles. The van der Waals surface area contributed by atoms with Crippen molar-refractivity contribution in [3.63, 3.8) is 0 Å². The summed E-state index contributed by atoms with van der Waals surface area (Å²) in [5, 5.41) is 12.0. The molecule has 0 spiro atoms. The summed E-state index contributed by atoms with van der Waals surface area (Å²) in [6.07, 6.45) is 1.72. The molecule has 0 radical (unpaired) electrons. The molecule has 0 aliphatic heterocycles. The van der Waals surface area contributed by atoms with Crippen LogP contribution in [0.15, 0.2) is 47.4 Å². The van der Waals surface area contributed by atoms with Gasteiger partial charge in [-0.1, -0.05) is 12.1 Å². The lowest BCUT2D eigenvalue weighted by Crippen LogP contribution is -2.15. The molecule has 0 atom stereocenters. The number of hydrogen-bond acceptors (Lipinski definition) is 3. The lowest BCUT2D eigenvalue weighted by atomic mass is 10.1. The van der Waals surface area contributed by atoms with Gasteiger partial charge in [-0.2, -0.15) is 0 Å².